The van der Waals surface area contributed by atoms with Crippen molar-refractivity contribution in [3.8, 4) is 11.1 Å². The quantitative estimate of drug-likeness (QED) is 0.623. The van der Waals surface area contributed by atoms with Gasteiger partial charge in [0.25, 0.3) is 0 Å². The fourth-order valence-corrected chi connectivity index (χ4v) is 4.62. The molecule has 0 radical (unpaired) electrons. The first-order valence-corrected chi connectivity index (χ1v) is 10.6. The highest BCUT2D eigenvalue weighted by atomic mass is 32.1. The van der Waals surface area contributed by atoms with Gasteiger partial charge < -0.3 is 15.3 Å². The van der Waals surface area contributed by atoms with Gasteiger partial charge in [0.1, 0.15) is 22.8 Å². The highest BCUT2D eigenvalue weighted by molar-refractivity contribution is 7.17. The van der Waals surface area contributed by atoms with Crippen molar-refractivity contribution in [2.75, 3.05) is 25.0 Å². The number of amides is 1. The number of fused-ring (bicyclic) bond motifs is 1. The van der Waals surface area contributed by atoms with Crippen molar-refractivity contribution in [2.45, 2.75) is 19.3 Å². The molecular formula is C21H21FN4O3S. The standard InChI is InChI=1S/C21H21FN4O3S/c22-15-5-3-13(4-6-15)16-11-30-20-18(16)19(24-12-25-20)23-8-7-17(27)26-9-1-2-14(10-26)21(28)29/h3-6,11-12,14H,1-2,7-10H2,(H,28,29)(H,23,24,25). The molecule has 1 aliphatic heterocycles. The average Bonchev–Trinajstić information content (AvgIpc) is 3.19. The molecule has 1 fully saturated rings. The lowest BCUT2D eigenvalue weighted by Crippen LogP contribution is -2.42. The van der Waals surface area contributed by atoms with E-state index in [1.807, 2.05) is 5.38 Å². The number of aromatic nitrogens is 2. The third kappa shape index (κ3) is 4.25. The summed E-state index contributed by atoms with van der Waals surface area (Å²) in [6.07, 6.45) is 3.03. The second-order valence-electron chi connectivity index (χ2n) is 7.25. The lowest BCUT2D eigenvalue weighted by atomic mass is 9.98. The Labute approximate surface area is 176 Å². The molecule has 1 amide bonds. The van der Waals surface area contributed by atoms with Gasteiger partial charge in [-0.1, -0.05) is 12.1 Å². The Morgan fingerprint density at radius 1 is 1.27 bits per heavy atom. The van der Waals surface area contributed by atoms with Gasteiger partial charge in [-0.15, -0.1) is 11.3 Å². The summed E-state index contributed by atoms with van der Waals surface area (Å²) in [6, 6.07) is 6.26. The van der Waals surface area contributed by atoms with E-state index in [1.54, 1.807) is 17.0 Å². The second-order valence-corrected chi connectivity index (χ2v) is 8.11. The largest absolute Gasteiger partial charge is 0.481 e. The van der Waals surface area contributed by atoms with E-state index < -0.39 is 11.9 Å². The van der Waals surface area contributed by atoms with Crippen molar-refractivity contribution in [2.24, 2.45) is 5.92 Å². The third-order valence-electron chi connectivity index (χ3n) is 5.28. The molecule has 1 aromatic carbocycles. The van der Waals surface area contributed by atoms with Crippen LogP contribution >= 0.6 is 11.3 Å². The minimum Gasteiger partial charge on any atom is -0.481 e. The number of carboxylic acids is 1. The molecule has 4 rings (SSSR count). The maximum Gasteiger partial charge on any atom is 0.308 e. The van der Waals surface area contributed by atoms with Crippen molar-refractivity contribution < 1.29 is 19.1 Å². The van der Waals surface area contributed by atoms with Crippen LogP contribution < -0.4 is 5.32 Å². The van der Waals surface area contributed by atoms with Gasteiger partial charge >= 0.3 is 5.97 Å². The molecule has 1 saturated heterocycles. The Morgan fingerprint density at radius 3 is 2.83 bits per heavy atom. The molecule has 3 aromatic rings. The molecule has 0 spiro atoms. The predicted molar refractivity (Wildman–Crippen MR) is 113 cm³/mol. The number of likely N-dealkylation sites (tertiary alicyclic amines) is 1. The zero-order valence-corrected chi connectivity index (χ0v) is 17.0. The zero-order chi connectivity index (χ0) is 21.1. The van der Waals surface area contributed by atoms with Gasteiger partial charge in [0.2, 0.25) is 5.91 Å². The van der Waals surface area contributed by atoms with Crippen LogP contribution in [0.25, 0.3) is 21.3 Å². The molecule has 1 aliphatic rings. The molecule has 0 bridgehead atoms. The molecule has 3 heterocycles. The van der Waals surface area contributed by atoms with Crippen molar-refractivity contribution in [3.05, 3.63) is 41.8 Å². The normalized spacial score (nSPS) is 16.6. The summed E-state index contributed by atoms with van der Waals surface area (Å²) < 4.78 is 13.3. The number of rotatable bonds is 6. The summed E-state index contributed by atoms with van der Waals surface area (Å²) in [5.74, 6) is -1.08. The number of piperidine rings is 1. The van der Waals surface area contributed by atoms with Crippen LogP contribution in [-0.4, -0.2) is 51.5 Å². The molecule has 30 heavy (non-hydrogen) atoms. The molecule has 2 aromatic heterocycles. The highest BCUT2D eigenvalue weighted by Crippen LogP contribution is 2.36. The lowest BCUT2D eigenvalue weighted by Gasteiger charge is -2.30. The van der Waals surface area contributed by atoms with E-state index in [-0.39, 0.29) is 24.7 Å². The number of hydrogen-bond donors (Lipinski definition) is 2. The van der Waals surface area contributed by atoms with Gasteiger partial charge in [-0.25, -0.2) is 14.4 Å². The Hall–Kier alpha value is -3.07. The summed E-state index contributed by atoms with van der Waals surface area (Å²) >= 11 is 1.48. The first kappa shape index (κ1) is 20.2. The van der Waals surface area contributed by atoms with E-state index in [0.29, 0.717) is 31.7 Å². The number of carboxylic acid groups (broad SMARTS) is 1. The number of halogens is 1. The van der Waals surface area contributed by atoms with E-state index in [1.165, 1.54) is 29.8 Å². The van der Waals surface area contributed by atoms with Gasteiger partial charge in [0, 0.05) is 37.0 Å². The number of carbonyl (C=O) groups is 2. The molecule has 0 aliphatic carbocycles. The van der Waals surface area contributed by atoms with Crippen LogP contribution in [0, 0.1) is 11.7 Å². The Bertz CT molecular complexity index is 1070. The summed E-state index contributed by atoms with van der Waals surface area (Å²) in [6.45, 7) is 1.24. The first-order chi connectivity index (χ1) is 14.5. The summed E-state index contributed by atoms with van der Waals surface area (Å²) in [5, 5.41) is 15.2. The van der Waals surface area contributed by atoms with E-state index in [9.17, 15) is 19.1 Å². The molecule has 2 N–H and O–H groups in total. The number of anilines is 1. The molecule has 1 atom stereocenters. The third-order valence-corrected chi connectivity index (χ3v) is 6.17. The number of carbonyl (C=O) groups excluding carboxylic acids is 1. The number of nitrogens with one attached hydrogen (secondary N) is 1. The van der Waals surface area contributed by atoms with Crippen LogP contribution in [0.15, 0.2) is 36.0 Å². The van der Waals surface area contributed by atoms with E-state index in [4.69, 9.17) is 0 Å². The number of thiophene rings is 1. The zero-order valence-electron chi connectivity index (χ0n) is 16.2. The lowest BCUT2D eigenvalue weighted by molar-refractivity contribution is -0.145. The average molecular weight is 428 g/mol. The van der Waals surface area contributed by atoms with Crippen molar-refractivity contribution in [1.82, 2.24) is 14.9 Å². The van der Waals surface area contributed by atoms with E-state index in [0.717, 1.165) is 21.3 Å². The van der Waals surface area contributed by atoms with Crippen LogP contribution in [0.5, 0.6) is 0 Å². The van der Waals surface area contributed by atoms with Gasteiger partial charge in [-0.05, 0) is 30.5 Å². The van der Waals surface area contributed by atoms with Crippen LogP contribution in [0.3, 0.4) is 0 Å². The fraction of sp³-hybridized carbons (Fsp3) is 0.333. The number of nitrogens with zero attached hydrogens (tertiary/aromatic N) is 3. The van der Waals surface area contributed by atoms with Crippen LogP contribution in [-0.2, 0) is 9.59 Å². The molecule has 7 nitrogen and oxygen atoms in total. The maximum absolute atomic E-state index is 13.3. The van der Waals surface area contributed by atoms with Crippen molar-refractivity contribution in [3.63, 3.8) is 0 Å². The summed E-state index contributed by atoms with van der Waals surface area (Å²) in [4.78, 5) is 34.8. The first-order valence-electron chi connectivity index (χ1n) is 9.75. The van der Waals surface area contributed by atoms with Gasteiger partial charge in [0.15, 0.2) is 0 Å². The molecule has 9 heteroatoms. The topological polar surface area (TPSA) is 95.4 Å². The predicted octanol–water partition coefficient (Wildman–Crippen LogP) is 3.62. The summed E-state index contributed by atoms with van der Waals surface area (Å²) in [5.41, 5.74) is 1.77. The van der Waals surface area contributed by atoms with Crippen molar-refractivity contribution in [1.29, 1.82) is 0 Å². The monoisotopic (exact) mass is 428 g/mol. The maximum atomic E-state index is 13.3. The van der Waals surface area contributed by atoms with Crippen LogP contribution in [0.4, 0.5) is 10.2 Å². The number of benzene rings is 1. The molecule has 156 valence electrons. The number of aliphatic carboxylic acids is 1. The SMILES string of the molecule is O=C(O)C1CCCN(C(=O)CCNc2ncnc3scc(-c4ccc(F)cc4)c23)C1. The highest BCUT2D eigenvalue weighted by Gasteiger charge is 2.27. The molecular weight excluding hydrogens is 407 g/mol. The Morgan fingerprint density at radius 2 is 2.07 bits per heavy atom. The minimum absolute atomic E-state index is 0.0668. The minimum atomic E-state index is -0.847. The Kier molecular flexibility index (Phi) is 5.89. The number of hydrogen-bond acceptors (Lipinski definition) is 6. The van der Waals surface area contributed by atoms with Crippen LogP contribution in [0.1, 0.15) is 19.3 Å². The van der Waals surface area contributed by atoms with E-state index >= 15 is 0 Å². The Balaban J connectivity index is 1.45. The molecule has 1 unspecified atom stereocenters. The van der Waals surface area contributed by atoms with Gasteiger partial charge in [0.05, 0.1) is 11.3 Å². The van der Waals surface area contributed by atoms with E-state index in [2.05, 4.69) is 15.3 Å². The summed E-state index contributed by atoms with van der Waals surface area (Å²) in [7, 11) is 0. The molecule has 0 saturated carbocycles. The van der Waals surface area contributed by atoms with Crippen LogP contribution in [0.2, 0.25) is 0 Å². The van der Waals surface area contributed by atoms with Crippen molar-refractivity contribution >= 4 is 39.2 Å². The smallest absolute Gasteiger partial charge is 0.308 e. The van der Waals surface area contributed by atoms with Gasteiger partial charge in [-0.3, -0.25) is 9.59 Å². The second kappa shape index (κ2) is 8.74. The van der Waals surface area contributed by atoms with Gasteiger partial charge in [-0.2, -0.15) is 0 Å². The fourth-order valence-electron chi connectivity index (χ4n) is 3.70.